The molecule has 192 valence electrons. The fourth-order valence-corrected chi connectivity index (χ4v) is 5.15. The van der Waals surface area contributed by atoms with E-state index in [1.165, 1.54) is 12.1 Å². The molecule has 1 aliphatic heterocycles. The minimum Gasteiger partial charge on any atom is -0.390 e. The normalized spacial score (nSPS) is 17.0. The van der Waals surface area contributed by atoms with Crippen LogP contribution >= 0.6 is 0 Å². The highest BCUT2D eigenvalue weighted by molar-refractivity contribution is 5.83. The Balaban J connectivity index is 1.73. The van der Waals surface area contributed by atoms with Gasteiger partial charge >= 0.3 is 6.18 Å². The van der Waals surface area contributed by atoms with Gasteiger partial charge in [0.15, 0.2) is 0 Å². The van der Waals surface area contributed by atoms with E-state index < -0.39 is 17.8 Å². The summed E-state index contributed by atoms with van der Waals surface area (Å²) >= 11 is 0. The van der Waals surface area contributed by atoms with Crippen LogP contribution in [0.4, 0.5) is 13.2 Å². The van der Waals surface area contributed by atoms with E-state index in [0.29, 0.717) is 38.0 Å². The first-order valence-corrected chi connectivity index (χ1v) is 12.2. The molecule has 0 saturated heterocycles. The summed E-state index contributed by atoms with van der Waals surface area (Å²) in [6, 6.07) is 13.9. The number of alkyl halides is 3. The molecule has 0 bridgehead atoms. The number of carbonyl (C=O) groups excluding carboxylic acids is 1. The maximum atomic E-state index is 13.2. The number of aromatic nitrogens is 2. The molecule has 2 atom stereocenters. The van der Waals surface area contributed by atoms with Crippen LogP contribution in [0.15, 0.2) is 54.6 Å². The molecule has 0 radical (unpaired) electrons. The summed E-state index contributed by atoms with van der Waals surface area (Å²) in [6.07, 6.45) is -2.62. The molecule has 36 heavy (non-hydrogen) atoms. The Bertz CT molecular complexity index is 1180. The molecule has 2 aromatic carbocycles. The molecule has 1 unspecified atom stereocenters. The number of halogens is 3. The van der Waals surface area contributed by atoms with Gasteiger partial charge in [0.05, 0.1) is 29.6 Å². The molecule has 1 amide bonds. The Hall–Kier alpha value is -3.17. The van der Waals surface area contributed by atoms with Gasteiger partial charge in [-0.3, -0.25) is 9.69 Å². The van der Waals surface area contributed by atoms with Crippen LogP contribution in [0.25, 0.3) is 0 Å². The van der Waals surface area contributed by atoms with Crippen molar-refractivity contribution in [3.8, 4) is 0 Å². The molecule has 9 heteroatoms. The van der Waals surface area contributed by atoms with Gasteiger partial charge in [-0.1, -0.05) is 49.4 Å². The molecule has 0 aliphatic carbocycles. The van der Waals surface area contributed by atoms with Crippen molar-refractivity contribution in [3.05, 3.63) is 88.5 Å². The molecule has 1 aromatic heterocycles. The summed E-state index contributed by atoms with van der Waals surface area (Å²) in [5.74, 6) is 0.736. The fraction of sp³-hybridized carbons (Fsp3) is 0.407. The lowest BCUT2D eigenvalue weighted by Gasteiger charge is -2.42. The molecule has 0 spiro atoms. The van der Waals surface area contributed by atoms with E-state index in [9.17, 15) is 23.1 Å². The number of nitrogens with zero attached hydrogens (tertiary/aromatic N) is 3. The van der Waals surface area contributed by atoms with Crippen molar-refractivity contribution in [1.82, 2.24) is 19.8 Å². The number of hydrogen-bond donors (Lipinski definition) is 2. The van der Waals surface area contributed by atoms with Crippen molar-refractivity contribution in [2.24, 2.45) is 0 Å². The summed E-state index contributed by atoms with van der Waals surface area (Å²) in [5.41, 5.74) is 2.40. The van der Waals surface area contributed by atoms with Crippen LogP contribution in [0.1, 0.15) is 59.3 Å². The average molecular weight is 501 g/mol. The van der Waals surface area contributed by atoms with E-state index in [1.807, 2.05) is 37.3 Å². The second kappa shape index (κ2) is 10.8. The first-order chi connectivity index (χ1) is 17.3. The first kappa shape index (κ1) is 25.9. The monoisotopic (exact) mass is 500 g/mol. The van der Waals surface area contributed by atoms with Crippen molar-refractivity contribution in [2.75, 3.05) is 13.6 Å². The minimum absolute atomic E-state index is 0.144. The third kappa shape index (κ3) is 5.17. The van der Waals surface area contributed by atoms with Crippen LogP contribution in [-0.4, -0.2) is 39.1 Å². The number of hydrogen-bond acceptors (Lipinski definition) is 4. The number of aliphatic hydroxyl groups excluding tert-OH is 1. The van der Waals surface area contributed by atoms with Gasteiger partial charge in [0, 0.05) is 26.6 Å². The Labute approximate surface area is 208 Å². The molecular formula is C27H31F3N4O2. The van der Waals surface area contributed by atoms with E-state index in [2.05, 4.69) is 19.8 Å². The molecule has 6 nitrogen and oxygen atoms in total. The van der Waals surface area contributed by atoms with Crippen molar-refractivity contribution in [2.45, 2.75) is 57.6 Å². The average Bonchev–Trinajstić information content (AvgIpc) is 3.26. The van der Waals surface area contributed by atoms with Crippen LogP contribution < -0.4 is 5.32 Å². The first-order valence-electron chi connectivity index (χ1n) is 12.2. The van der Waals surface area contributed by atoms with E-state index in [-0.39, 0.29) is 18.6 Å². The Morgan fingerprint density at radius 2 is 1.83 bits per heavy atom. The van der Waals surface area contributed by atoms with Gasteiger partial charge in [-0.05, 0) is 36.1 Å². The number of imidazole rings is 1. The van der Waals surface area contributed by atoms with Crippen LogP contribution in [0, 0.1) is 0 Å². The molecular weight excluding hydrogens is 469 g/mol. The lowest BCUT2D eigenvalue weighted by Crippen LogP contribution is -2.46. The second-order valence-electron chi connectivity index (χ2n) is 8.94. The molecule has 2 heterocycles. The van der Waals surface area contributed by atoms with Gasteiger partial charge in [-0.25, -0.2) is 4.98 Å². The standard InChI is InChI=1S/C27H31F3N4O2/c1-3-23-32-21(17-35)25-22(14-11-18-9-12-20(13-10-18)27(28,29)30)33(15-16-34(23)25)24(26(36)31-2)19-7-5-4-6-8-19/h4-10,12-13,22,24,35H,3,11,14-17H2,1-2H3,(H,31,36)/t22?,24-/m1/s1. The maximum absolute atomic E-state index is 13.2. The lowest BCUT2D eigenvalue weighted by molar-refractivity contribution is -0.137. The van der Waals surface area contributed by atoms with Crippen molar-refractivity contribution < 1.29 is 23.1 Å². The topological polar surface area (TPSA) is 70.4 Å². The summed E-state index contributed by atoms with van der Waals surface area (Å²) in [7, 11) is 1.61. The predicted octanol–water partition coefficient (Wildman–Crippen LogP) is 4.43. The summed E-state index contributed by atoms with van der Waals surface area (Å²) in [6.45, 7) is 3.00. The highest BCUT2D eigenvalue weighted by atomic mass is 19.4. The smallest absolute Gasteiger partial charge is 0.390 e. The molecule has 2 N–H and O–H groups in total. The molecule has 1 aliphatic rings. The third-order valence-corrected chi connectivity index (χ3v) is 6.86. The van der Waals surface area contributed by atoms with Crippen molar-refractivity contribution in [3.63, 3.8) is 0 Å². The number of fused-ring (bicyclic) bond motifs is 1. The third-order valence-electron chi connectivity index (χ3n) is 6.86. The molecule has 0 fully saturated rings. The molecule has 0 saturated carbocycles. The van der Waals surface area contributed by atoms with Crippen molar-refractivity contribution >= 4 is 5.91 Å². The Morgan fingerprint density at radius 1 is 1.14 bits per heavy atom. The SMILES string of the molecule is CCc1nc(CO)c2n1CCN([C@@H](C(=O)NC)c1ccccc1)C2CCc1ccc(C(F)(F)F)cc1. The highest BCUT2D eigenvalue weighted by Crippen LogP contribution is 2.39. The van der Waals surface area contributed by atoms with Gasteiger partial charge in [0.2, 0.25) is 5.91 Å². The number of rotatable bonds is 8. The van der Waals surface area contributed by atoms with Crippen LogP contribution in [0.3, 0.4) is 0 Å². The second-order valence-corrected chi connectivity index (χ2v) is 8.94. The zero-order chi connectivity index (χ0) is 25.9. The number of aryl methyl sites for hydroxylation is 2. The van der Waals surface area contributed by atoms with Gasteiger partial charge in [0.25, 0.3) is 0 Å². The zero-order valence-electron chi connectivity index (χ0n) is 20.4. The summed E-state index contributed by atoms with van der Waals surface area (Å²) in [5, 5.41) is 12.9. The number of aliphatic hydroxyl groups is 1. The molecule has 4 rings (SSSR count). The van der Waals surface area contributed by atoms with Gasteiger partial charge < -0.3 is 15.0 Å². The van der Waals surface area contributed by atoms with Gasteiger partial charge in [-0.2, -0.15) is 13.2 Å². The van der Waals surface area contributed by atoms with E-state index >= 15 is 0 Å². The Kier molecular flexibility index (Phi) is 7.80. The lowest BCUT2D eigenvalue weighted by atomic mass is 9.94. The largest absolute Gasteiger partial charge is 0.416 e. The summed E-state index contributed by atoms with van der Waals surface area (Å²) < 4.78 is 41.2. The maximum Gasteiger partial charge on any atom is 0.416 e. The van der Waals surface area contributed by atoms with E-state index in [4.69, 9.17) is 0 Å². The number of amides is 1. The fourth-order valence-electron chi connectivity index (χ4n) is 5.15. The zero-order valence-corrected chi connectivity index (χ0v) is 20.4. The van der Waals surface area contributed by atoms with Crippen LogP contribution in [-0.2, 0) is 37.0 Å². The number of benzene rings is 2. The quantitative estimate of drug-likeness (QED) is 0.480. The van der Waals surface area contributed by atoms with E-state index in [0.717, 1.165) is 34.8 Å². The van der Waals surface area contributed by atoms with Crippen LogP contribution in [0.5, 0.6) is 0 Å². The van der Waals surface area contributed by atoms with Crippen molar-refractivity contribution in [1.29, 1.82) is 0 Å². The van der Waals surface area contributed by atoms with Gasteiger partial charge in [-0.15, -0.1) is 0 Å². The number of carbonyl (C=O) groups is 1. The summed E-state index contributed by atoms with van der Waals surface area (Å²) in [4.78, 5) is 20.0. The van der Waals surface area contributed by atoms with Crippen LogP contribution in [0.2, 0.25) is 0 Å². The molecule has 3 aromatic rings. The number of likely N-dealkylation sites (N-methyl/N-ethyl adjacent to an activating group) is 1. The van der Waals surface area contributed by atoms with Gasteiger partial charge in [0.1, 0.15) is 11.9 Å². The van der Waals surface area contributed by atoms with E-state index in [1.54, 1.807) is 7.05 Å². The highest BCUT2D eigenvalue weighted by Gasteiger charge is 2.39. The minimum atomic E-state index is -4.38. The Morgan fingerprint density at radius 3 is 2.42 bits per heavy atom. The number of nitrogens with one attached hydrogen (secondary N) is 1. The predicted molar refractivity (Wildman–Crippen MR) is 130 cm³/mol.